The number of imidazole rings is 1. The van der Waals surface area contributed by atoms with Gasteiger partial charge in [0.15, 0.2) is 5.65 Å². The summed E-state index contributed by atoms with van der Waals surface area (Å²) in [7, 11) is 0. The Morgan fingerprint density at radius 3 is 1.88 bits per heavy atom. The lowest BCUT2D eigenvalue weighted by Gasteiger charge is -2.14. The smallest absolute Gasteiger partial charge is 0.156 e. The molecule has 232 valence electrons. The molecule has 0 saturated carbocycles. The summed E-state index contributed by atoms with van der Waals surface area (Å²) in [6.45, 7) is 0. The first-order chi connectivity index (χ1) is 24.8. The molecule has 0 bridgehead atoms. The largest absolute Gasteiger partial charge is 0.291 e. The normalized spacial score (nSPS) is 12.0. The van der Waals surface area contributed by atoms with Gasteiger partial charge < -0.3 is 0 Å². The third-order valence-electron chi connectivity index (χ3n) is 10.4. The lowest BCUT2D eigenvalue weighted by Crippen LogP contribution is -1.93. The minimum atomic E-state index is 1.02. The van der Waals surface area contributed by atoms with Gasteiger partial charge >= 0.3 is 0 Å². The van der Waals surface area contributed by atoms with Crippen molar-refractivity contribution in [2.75, 3.05) is 0 Å². The predicted molar refractivity (Wildman–Crippen MR) is 214 cm³/mol. The van der Waals surface area contributed by atoms with Crippen molar-refractivity contribution < 1.29 is 0 Å². The lowest BCUT2D eigenvalue weighted by molar-refractivity contribution is 1.25. The number of fused-ring (bicyclic) bond motifs is 11. The monoisotopic (exact) mass is 652 g/mol. The number of nitrogens with zero attached hydrogens (tertiary/aromatic N) is 2. The Morgan fingerprint density at radius 2 is 1.04 bits per heavy atom. The van der Waals surface area contributed by atoms with Crippen LogP contribution in [0.25, 0.3) is 103 Å². The van der Waals surface area contributed by atoms with E-state index in [2.05, 4.69) is 174 Å². The Kier molecular flexibility index (Phi) is 5.86. The Balaban J connectivity index is 1.05. The van der Waals surface area contributed by atoms with Crippen molar-refractivity contribution >= 4 is 80.5 Å². The molecule has 0 aliphatic rings. The molecule has 0 unspecified atom stereocenters. The number of pyridine rings is 1. The van der Waals surface area contributed by atoms with Crippen molar-refractivity contribution in [3.63, 3.8) is 0 Å². The number of aromatic nitrogens is 2. The molecule has 3 aromatic heterocycles. The third kappa shape index (κ3) is 4.05. The van der Waals surface area contributed by atoms with Crippen molar-refractivity contribution in [2.24, 2.45) is 0 Å². The fourth-order valence-electron chi connectivity index (χ4n) is 8.01. The molecule has 8 aromatic carbocycles. The summed E-state index contributed by atoms with van der Waals surface area (Å²) in [5, 5.41) is 10.2. The highest BCUT2D eigenvalue weighted by molar-refractivity contribution is 7.26. The van der Waals surface area contributed by atoms with E-state index in [1.165, 1.54) is 80.3 Å². The summed E-state index contributed by atoms with van der Waals surface area (Å²) in [6.07, 6.45) is 0. The first kappa shape index (κ1) is 27.6. The molecule has 2 nitrogen and oxygen atoms in total. The van der Waals surface area contributed by atoms with Crippen LogP contribution in [0.1, 0.15) is 0 Å². The van der Waals surface area contributed by atoms with Gasteiger partial charge in [-0.05, 0) is 90.5 Å². The van der Waals surface area contributed by atoms with Crippen LogP contribution in [-0.2, 0) is 0 Å². The van der Waals surface area contributed by atoms with Gasteiger partial charge in [0, 0.05) is 15.5 Å². The Bertz CT molecular complexity index is 3150. The molecule has 0 spiro atoms. The zero-order chi connectivity index (χ0) is 32.8. The van der Waals surface area contributed by atoms with Crippen LogP contribution in [0.3, 0.4) is 0 Å². The van der Waals surface area contributed by atoms with Gasteiger partial charge in [0.25, 0.3) is 0 Å². The minimum Gasteiger partial charge on any atom is -0.291 e. The molecule has 3 heteroatoms. The highest BCUT2D eigenvalue weighted by Gasteiger charge is 2.18. The second-order valence-corrected chi connectivity index (χ2v) is 14.2. The average Bonchev–Trinajstić information content (AvgIpc) is 3.76. The Morgan fingerprint density at radius 1 is 0.420 bits per heavy atom. The van der Waals surface area contributed by atoms with E-state index in [1.54, 1.807) is 0 Å². The van der Waals surface area contributed by atoms with Gasteiger partial charge in [-0.25, -0.2) is 4.98 Å². The summed E-state index contributed by atoms with van der Waals surface area (Å²) >= 11 is 1.83. The maximum absolute atomic E-state index is 5.16. The fourth-order valence-corrected chi connectivity index (χ4v) is 9.18. The van der Waals surface area contributed by atoms with E-state index in [4.69, 9.17) is 4.98 Å². The number of thiophene rings is 1. The molecule has 3 heterocycles. The van der Waals surface area contributed by atoms with Gasteiger partial charge in [-0.3, -0.25) is 4.40 Å². The lowest BCUT2D eigenvalue weighted by atomic mass is 9.90. The van der Waals surface area contributed by atoms with Crippen molar-refractivity contribution in [1.82, 2.24) is 9.38 Å². The van der Waals surface area contributed by atoms with Crippen LogP contribution in [-0.4, -0.2) is 9.38 Å². The van der Waals surface area contributed by atoms with E-state index in [0.29, 0.717) is 0 Å². The van der Waals surface area contributed by atoms with E-state index in [1.807, 2.05) is 11.3 Å². The molecule has 0 atom stereocenters. The number of benzene rings is 8. The summed E-state index contributed by atoms with van der Waals surface area (Å²) < 4.78 is 4.86. The average molecular weight is 653 g/mol. The SMILES string of the molecule is c1ccc2c(c1)ccc1cc(-c3ccc(-c4ccc(-c5cc6c7ccccc7sc6c6nc7ccccc7n56)cc4)c4ccccc34)ccc12. The van der Waals surface area contributed by atoms with E-state index in [9.17, 15) is 0 Å². The summed E-state index contributed by atoms with van der Waals surface area (Å²) in [5.41, 5.74) is 10.4. The molecule has 0 N–H and O–H groups in total. The van der Waals surface area contributed by atoms with Gasteiger partial charge in [-0.1, -0.05) is 140 Å². The molecule has 11 aromatic rings. The molecule has 0 saturated heterocycles. The quantitative estimate of drug-likeness (QED) is 0.174. The number of para-hydroxylation sites is 2. The van der Waals surface area contributed by atoms with Gasteiger partial charge in [0.1, 0.15) is 0 Å². The number of hydrogen-bond acceptors (Lipinski definition) is 2. The molecular formula is C47H28N2S. The van der Waals surface area contributed by atoms with Crippen LogP contribution in [0.4, 0.5) is 0 Å². The molecule has 0 fully saturated rings. The van der Waals surface area contributed by atoms with Gasteiger partial charge in [-0.2, -0.15) is 0 Å². The zero-order valence-electron chi connectivity index (χ0n) is 27.0. The van der Waals surface area contributed by atoms with E-state index >= 15 is 0 Å². The summed E-state index contributed by atoms with van der Waals surface area (Å²) in [5.74, 6) is 0. The Hall–Kier alpha value is -6.29. The van der Waals surface area contributed by atoms with Crippen LogP contribution in [0, 0.1) is 0 Å². The van der Waals surface area contributed by atoms with Crippen LogP contribution in [0.5, 0.6) is 0 Å². The van der Waals surface area contributed by atoms with Gasteiger partial charge in [-0.15, -0.1) is 11.3 Å². The summed E-state index contributed by atoms with van der Waals surface area (Å²) in [4.78, 5) is 5.16. The molecule has 0 amide bonds. The second-order valence-electron chi connectivity index (χ2n) is 13.1. The highest BCUT2D eigenvalue weighted by Crippen LogP contribution is 2.42. The van der Waals surface area contributed by atoms with Gasteiger partial charge in [0.05, 0.1) is 21.4 Å². The van der Waals surface area contributed by atoms with Crippen molar-refractivity contribution in [3.8, 4) is 33.5 Å². The molecular weight excluding hydrogens is 625 g/mol. The molecule has 0 aliphatic heterocycles. The molecule has 11 rings (SSSR count). The number of hydrogen-bond donors (Lipinski definition) is 0. The maximum Gasteiger partial charge on any atom is 0.156 e. The van der Waals surface area contributed by atoms with Gasteiger partial charge in [0.2, 0.25) is 0 Å². The summed E-state index contributed by atoms with van der Waals surface area (Å²) in [6, 6.07) is 62.0. The standard InChI is InChI=1S/C47H28N2S/c1-2-10-34-29(9-1)19-22-32-27-33(23-24-36(32)34)37-26-25-35(38-11-3-4-12-39(37)38)30-17-20-31(21-18-30)44-28-41-40-13-5-8-16-45(40)50-46(41)47-48-42-14-6-7-15-43(42)49(44)47/h1-28H. The van der Waals surface area contributed by atoms with Crippen LogP contribution < -0.4 is 0 Å². The molecule has 0 radical (unpaired) electrons. The third-order valence-corrected chi connectivity index (χ3v) is 11.6. The van der Waals surface area contributed by atoms with Crippen LogP contribution in [0.2, 0.25) is 0 Å². The number of rotatable bonds is 3. The first-order valence-corrected chi connectivity index (χ1v) is 17.9. The second kappa shape index (κ2) is 10.6. The predicted octanol–water partition coefficient (Wildman–Crippen LogP) is 13.3. The maximum atomic E-state index is 5.16. The highest BCUT2D eigenvalue weighted by atomic mass is 32.1. The van der Waals surface area contributed by atoms with E-state index in [-0.39, 0.29) is 0 Å². The molecule has 0 aliphatic carbocycles. The first-order valence-electron chi connectivity index (χ1n) is 17.0. The Labute approximate surface area is 292 Å². The fraction of sp³-hybridized carbons (Fsp3) is 0. The minimum absolute atomic E-state index is 1.02. The van der Waals surface area contributed by atoms with Crippen molar-refractivity contribution in [2.45, 2.75) is 0 Å². The van der Waals surface area contributed by atoms with Crippen molar-refractivity contribution in [1.29, 1.82) is 0 Å². The van der Waals surface area contributed by atoms with Crippen LogP contribution in [0.15, 0.2) is 170 Å². The van der Waals surface area contributed by atoms with Crippen LogP contribution >= 0.6 is 11.3 Å². The van der Waals surface area contributed by atoms with Crippen molar-refractivity contribution in [3.05, 3.63) is 170 Å². The topological polar surface area (TPSA) is 17.3 Å². The van der Waals surface area contributed by atoms with E-state index < -0.39 is 0 Å². The zero-order valence-corrected chi connectivity index (χ0v) is 27.8. The van der Waals surface area contributed by atoms with E-state index in [0.717, 1.165) is 22.4 Å². The molecule has 50 heavy (non-hydrogen) atoms.